The summed E-state index contributed by atoms with van der Waals surface area (Å²) in [6.07, 6.45) is 3.44. The van der Waals surface area contributed by atoms with Gasteiger partial charge in [0.15, 0.2) is 0 Å². The smallest absolute Gasteiger partial charge is 0.328 e. The first-order valence-electron chi connectivity index (χ1n) is 7.86. The second-order valence-corrected chi connectivity index (χ2v) is 7.15. The van der Waals surface area contributed by atoms with E-state index in [9.17, 15) is 4.79 Å². The van der Waals surface area contributed by atoms with Gasteiger partial charge in [0.05, 0.1) is 18.1 Å². The molecule has 6 nitrogen and oxygen atoms in total. The van der Waals surface area contributed by atoms with E-state index in [2.05, 4.69) is 30.7 Å². The number of benzene rings is 1. The van der Waals surface area contributed by atoms with Crippen LogP contribution in [0.15, 0.2) is 35.4 Å². The molecule has 0 bridgehead atoms. The van der Waals surface area contributed by atoms with Crippen LogP contribution in [0.1, 0.15) is 20.8 Å². The van der Waals surface area contributed by atoms with E-state index in [1.807, 2.05) is 22.8 Å². The van der Waals surface area contributed by atoms with Crippen LogP contribution < -0.4 is 10.4 Å². The normalized spacial score (nSPS) is 11.9. The van der Waals surface area contributed by atoms with Gasteiger partial charge >= 0.3 is 11.7 Å². The van der Waals surface area contributed by atoms with Crippen molar-refractivity contribution in [3.05, 3.63) is 41.1 Å². The highest BCUT2D eigenvalue weighted by atomic mass is 16.5. The van der Waals surface area contributed by atoms with Crippen LogP contribution in [0.4, 0.5) is 0 Å². The SMILES string of the molecule is COc1ncc(-c2ccc3c(c2)n(C)c(=O)n3CC(C)(C)C)cn1. The van der Waals surface area contributed by atoms with Gasteiger partial charge in [0.2, 0.25) is 0 Å². The molecule has 2 heterocycles. The van der Waals surface area contributed by atoms with E-state index in [0.29, 0.717) is 12.6 Å². The Morgan fingerprint density at radius 3 is 2.33 bits per heavy atom. The molecule has 0 spiro atoms. The highest BCUT2D eigenvalue weighted by Crippen LogP contribution is 2.25. The first-order chi connectivity index (χ1) is 11.3. The highest BCUT2D eigenvalue weighted by Gasteiger charge is 2.18. The van der Waals surface area contributed by atoms with Crippen molar-refractivity contribution >= 4 is 11.0 Å². The summed E-state index contributed by atoms with van der Waals surface area (Å²) in [6, 6.07) is 6.32. The maximum atomic E-state index is 12.6. The monoisotopic (exact) mass is 326 g/mol. The first-order valence-corrected chi connectivity index (χ1v) is 7.86. The zero-order chi connectivity index (χ0) is 17.5. The van der Waals surface area contributed by atoms with Crippen LogP contribution in [0.2, 0.25) is 0 Å². The van der Waals surface area contributed by atoms with Crippen molar-refractivity contribution in [2.45, 2.75) is 27.3 Å². The Morgan fingerprint density at radius 1 is 1.08 bits per heavy atom. The lowest BCUT2D eigenvalue weighted by atomic mass is 9.97. The molecule has 0 atom stereocenters. The molecule has 0 aliphatic carbocycles. The number of hydrogen-bond acceptors (Lipinski definition) is 4. The number of rotatable bonds is 3. The van der Waals surface area contributed by atoms with Crippen LogP contribution in [-0.2, 0) is 13.6 Å². The second kappa shape index (κ2) is 5.78. The number of fused-ring (bicyclic) bond motifs is 1. The van der Waals surface area contributed by atoms with Crippen LogP contribution in [0.3, 0.4) is 0 Å². The number of aryl methyl sites for hydroxylation is 1. The molecule has 126 valence electrons. The fourth-order valence-electron chi connectivity index (χ4n) is 2.78. The third kappa shape index (κ3) is 2.91. The molecule has 0 aliphatic rings. The molecule has 0 saturated carbocycles. The van der Waals surface area contributed by atoms with Crippen LogP contribution in [-0.4, -0.2) is 26.2 Å². The van der Waals surface area contributed by atoms with Crippen LogP contribution in [0.25, 0.3) is 22.2 Å². The van der Waals surface area contributed by atoms with Gasteiger partial charge in [0.25, 0.3) is 0 Å². The fourth-order valence-corrected chi connectivity index (χ4v) is 2.78. The van der Waals surface area contributed by atoms with Crippen molar-refractivity contribution in [3.63, 3.8) is 0 Å². The molecule has 0 N–H and O–H groups in total. The fraction of sp³-hybridized carbons (Fsp3) is 0.389. The van der Waals surface area contributed by atoms with Crippen molar-refractivity contribution in [2.75, 3.05) is 7.11 Å². The van der Waals surface area contributed by atoms with Crippen molar-refractivity contribution < 1.29 is 4.74 Å². The lowest BCUT2D eigenvalue weighted by Gasteiger charge is -2.18. The summed E-state index contributed by atoms with van der Waals surface area (Å²) >= 11 is 0. The van der Waals surface area contributed by atoms with Crippen LogP contribution >= 0.6 is 0 Å². The molecule has 0 aliphatic heterocycles. The number of nitrogens with zero attached hydrogens (tertiary/aromatic N) is 4. The van der Waals surface area contributed by atoms with E-state index in [4.69, 9.17) is 4.74 Å². The van der Waals surface area contributed by atoms with Gasteiger partial charge in [0.1, 0.15) is 0 Å². The minimum atomic E-state index is 0.00283. The zero-order valence-corrected chi connectivity index (χ0v) is 14.7. The first kappa shape index (κ1) is 16.2. The summed E-state index contributed by atoms with van der Waals surface area (Å²) in [5, 5.41) is 0. The molecule has 0 amide bonds. The van der Waals surface area contributed by atoms with E-state index < -0.39 is 0 Å². The van der Waals surface area contributed by atoms with Crippen LogP contribution in [0, 0.1) is 5.41 Å². The predicted molar refractivity (Wildman–Crippen MR) is 94.2 cm³/mol. The van der Waals surface area contributed by atoms with E-state index in [1.165, 1.54) is 7.11 Å². The lowest BCUT2D eigenvalue weighted by Crippen LogP contribution is -2.27. The Labute approximate surface area is 140 Å². The minimum Gasteiger partial charge on any atom is -0.467 e. The van der Waals surface area contributed by atoms with E-state index >= 15 is 0 Å². The minimum absolute atomic E-state index is 0.00283. The van der Waals surface area contributed by atoms with Gasteiger partial charge < -0.3 is 4.74 Å². The van der Waals surface area contributed by atoms with E-state index in [-0.39, 0.29) is 11.1 Å². The second-order valence-electron chi connectivity index (χ2n) is 7.15. The molecule has 0 fully saturated rings. The largest absolute Gasteiger partial charge is 0.467 e. The molecule has 0 radical (unpaired) electrons. The summed E-state index contributed by atoms with van der Waals surface area (Å²) in [4.78, 5) is 20.9. The molecule has 24 heavy (non-hydrogen) atoms. The molecule has 0 unspecified atom stereocenters. The van der Waals surface area contributed by atoms with Gasteiger partial charge in [-0.1, -0.05) is 26.8 Å². The topological polar surface area (TPSA) is 61.9 Å². The van der Waals surface area contributed by atoms with Crippen molar-refractivity contribution in [2.24, 2.45) is 12.5 Å². The number of methoxy groups -OCH3 is 1. The molecule has 3 aromatic rings. The van der Waals surface area contributed by atoms with Crippen molar-refractivity contribution in [1.82, 2.24) is 19.1 Å². The summed E-state index contributed by atoms with van der Waals surface area (Å²) in [6.45, 7) is 7.05. The summed E-state index contributed by atoms with van der Waals surface area (Å²) in [7, 11) is 3.34. The molecule has 2 aromatic heterocycles. The summed E-state index contributed by atoms with van der Waals surface area (Å²) in [5.74, 6) is 0. The van der Waals surface area contributed by atoms with Gasteiger partial charge in [0, 0.05) is 31.5 Å². The lowest BCUT2D eigenvalue weighted by molar-refractivity contribution is 0.342. The summed E-state index contributed by atoms with van der Waals surface area (Å²) in [5.41, 5.74) is 3.72. The number of imidazole rings is 1. The van der Waals surface area contributed by atoms with E-state index in [0.717, 1.165) is 22.2 Å². The predicted octanol–water partition coefficient (Wildman–Crippen LogP) is 2.85. The quantitative estimate of drug-likeness (QED) is 0.742. The molecule has 6 heteroatoms. The van der Waals surface area contributed by atoms with Gasteiger partial charge in [-0.05, 0) is 23.1 Å². The molecule has 1 aromatic carbocycles. The Morgan fingerprint density at radius 2 is 1.75 bits per heavy atom. The zero-order valence-electron chi connectivity index (χ0n) is 14.7. The number of ether oxygens (including phenoxy) is 1. The van der Waals surface area contributed by atoms with Gasteiger partial charge in [-0.3, -0.25) is 9.13 Å². The van der Waals surface area contributed by atoms with Gasteiger partial charge in [-0.15, -0.1) is 0 Å². The van der Waals surface area contributed by atoms with Crippen molar-refractivity contribution in [1.29, 1.82) is 0 Å². The average Bonchev–Trinajstić information content (AvgIpc) is 2.78. The standard InChI is InChI=1S/C18H22N4O2/c1-18(2,3)11-22-14-7-6-12(8-15(14)21(4)17(22)23)13-9-19-16(24-5)20-10-13/h6-10H,11H2,1-5H3. The molecule has 0 saturated heterocycles. The van der Waals surface area contributed by atoms with Crippen molar-refractivity contribution in [3.8, 4) is 17.1 Å². The van der Waals surface area contributed by atoms with Crippen LogP contribution in [0.5, 0.6) is 6.01 Å². The Bertz CT molecular complexity index is 931. The Hall–Kier alpha value is -2.63. The number of hydrogen-bond donors (Lipinski definition) is 0. The highest BCUT2D eigenvalue weighted by molar-refractivity contribution is 5.82. The summed E-state index contributed by atoms with van der Waals surface area (Å²) < 4.78 is 8.52. The Balaban J connectivity index is 2.11. The third-order valence-electron chi connectivity index (χ3n) is 3.92. The third-order valence-corrected chi connectivity index (χ3v) is 3.92. The van der Waals surface area contributed by atoms with E-state index in [1.54, 1.807) is 24.0 Å². The molecular formula is C18H22N4O2. The molecular weight excluding hydrogens is 304 g/mol. The Kier molecular flexibility index (Phi) is 3.91. The number of aromatic nitrogens is 4. The van der Waals surface area contributed by atoms with Gasteiger partial charge in [-0.25, -0.2) is 14.8 Å². The average molecular weight is 326 g/mol. The molecule has 3 rings (SSSR count). The maximum Gasteiger partial charge on any atom is 0.328 e. The maximum absolute atomic E-state index is 12.6. The van der Waals surface area contributed by atoms with Gasteiger partial charge in [-0.2, -0.15) is 0 Å².